The van der Waals surface area contributed by atoms with Crippen LogP contribution < -0.4 is 5.32 Å². The van der Waals surface area contributed by atoms with Crippen LogP contribution in [0.1, 0.15) is 24.6 Å². The lowest BCUT2D eigenvalue weighted by atomic mass is 10.2. The lowest BCUT2D eigenvalue weighted by molar-refractivity contribution is 0.147. The minimum absolute atomic E-state index is 0.774. The fraction of sp³-hybridized carbons (Fsp3) is 0.438. The molecule has 2 aromatic rings. The number of hydrogen-bond acceptors (Lipinski definition) is 3. The fourth-order valence-electron chi connectivity index (χ4n) is 2.14. The van der Waals surface area contributed by atoms with Crippen molar-refractivity contribution < 1.29 is 4.74 Å². The number of benzene rings is 1. The number of halogens is 1. The van der Waals surface area contributed by atoms with Crippen molar-refractivity contribution in [2.75, 3.05) is 25.1 Å². The van der Waals surface area contributed by atoms with Crippen LogP contribution >= 0.6 is 15.9 Å². The van der Waals surface area contributed by atoms with Gasteiger partial charge in [0.1, 0.15) is 0 Å². The molecule has 0 saturated heterocycles. The Morgan fingerprint density at radius 3 is 2.90 bits per heavy atom. The van der Waals surface area contributed by atoms with Crippen molar-refractivity contribution in [3.63, 3.8) is 0 Å². The molecule has 0 spiro atoms. The maximum atomic E-state index is 5.34. The number of ether oxygens (including phenoxy) is 1. The van der Waals surface area contributed by atoms with Gasteiger partial charge in [0.15, 0.2) is 0 Å². The first-order valence-corrected chi connectivity index (χ1v) is 8.08. The first kappa shape index (κ1) is 16.0. The summed E-state index contributed by atoms with van der Waals surface area (Å²) in [7, 11) is 0. The van der Waals surface area contributed by atoms with Gasteiger partial charge in [-0.15, -0.1) is 0 Å². The van der Waals surface area contributed by atoms with Crippen LogP contribution in [0.2, 0.25) is 0 Å². The Balaban J connectivity index is 1.98. The molecule has 0 aliphatic heterocycles. The van der Waals surface area contributed by atoms with Crippen LogP contribution in [0.3, 0.4) is 0 Å². The van der Waals surface area contributed by atoms with E-state index >= 15 is 0 Å². The molecule has 114 valence electrons. The zero-order valence-electron chi connectivity index (χ0n) is 12.6. The Kier molecular flexibility index (Phi) is 6.26. The van der Waals surface area contributed by atoms with E-state index in [1.165, 1.54) is 5.56 Å². The highest BCUT2D eigenvalue weighted by molar-refractivity contribution is 9.10. The van der Waals surface area contributed by atoms with Crippen molar-refractivity contribution in [2.24, 2.45) is 0 Å². The molecule has 0 unspecified atom stereocenters. The van der Waals surface area contributed by atoms with E-state index in [-0.39, 0.29) is 0 Å². The van der Waals surface area contributed by atoms with E-state index in [1.807, 2.05) is 19.9 Å². The van der Waals surface area contributed by atoms with Crippen LogP contribution in [-0.2, 0) is 11.3 Å². The molecule has 1 heterocycles. The number of anilines is 1. The van der Waals surface area contributed by atoms with E-state index in [2.05, 4.69) is 55.2 Å². The van der Waals surface area contributed by atoms with Crippen LogP contribution in [0.25, 0.3) is 0 Å². The quantitative estimate of drug-likeness (QED) is 0.734. The van der Waals surface area contributed by atoms with Crippen LogP contribution in [0.5, 0.6) is 0 Å². The maximum absolute atomic E-state index is 5.34. The summed E-state index contributed by atoms with van der Waals surface area (Å²) in [4.78, 5) is 4.55. The molecular weight excluding hydrogens is 330 g/mol. The number of hydrogen-bond donors (Lipinski definition) is 1. The largest absolute Gasteiger partial charge is 0.382 e. The lowest BCUT2D eigenvalue weighted by Crippen LogP contribution is -2.11. The highest BCUT2D eigenvalue weighted by Gasteiger charge is 2.07. The summed E-state index contributed by atoms with van der Waals surface area (Å²) in [5.41, 5.74) is 2.27. The van der Waals surface area contributed by atoms with Gasteiger partial charge < -0.3 is 14.6 Å². The molecule has 1 N–H and O–H groups in total. The smallest absolute Gasteiger partial charge is 0.203 e. The number of rotatable bonds is 8. The van der Waals surface area contributed by atoms with Gasteiger partial charge in [-0.1, -0.05) is 34.1 Å². The molecule has 21 heavy (non-hydrogen) atoms. The van der Waals surface area contributed by atoms with Crippen molar-refractivity contribution in [1.82, 2.24) is 9.55 Å². The molecule has 0 saturated carbocycles. The van der Waals surface area contributed by atoms with Crippen molar-refractivity contribution in [1.29, 1.82) is 0 Å². The van der Waals surface area contributed by atoms with E-state index in [9.17, 15) is 0 Å². The summed E-state index contributed by atoms with van der Waals surface area (Å²) in [6.07, 6.45) is 3.05. The third kappa shape index (κ3) is 4.86. The molecule has 1 aromatic heterocycles. The predicted molar refractivity (Wildman–Crippen MR) is 89.8 cm³/mol. The molecule has 0 radical (unpaired) electrons. The normalized spacial score (nSPS) is 10.8. The summed E-state index contributed by atoms with van der Waals surface area (Å²) in [6.45, 7) is 7.26. The Bertz CT molecular complexity index is 568. The molecule has 1 aromatic carbocycles. The molecule has 0 bridgehead atoms. The standard InChI is InChI=1S/C16H22BrN3O/c1-3-21-10-6-9-18-16-19-13(2)11-20(16)12-14-7-4-5-8-15(14)17/h4-5,7-8,11H,3,6,9-10,12H2,1-2H3,(H,18,19). The third-order valence-corrected chi connectivity index (χ3v) is 3.92. The molecule has 4 nitrogen and oxygen atoms in total. The summed E-state index contributed by atoms with van der Waals surface area (Å²) < 4.78 is 8.62. The topological polar surface area (TPSA) is 39.1 Å². The minimum atomic E-state index is 0.774. The Labute approximate surface area is 134 Å². The van der Waals surface area contributed by atoms with E-state index in [0.717, 1.165) is 48.8 Å². The molecule has 0 atom stereocenters. The Morgan fingerprint density at radius 1 is 1.33 bits per heavy atom. The van der Waals surface area contributed by atoms with Crippen LogP contribution in [-0.4, -0.2) is 29.3 Å². The van der Waals surface area contributed by atoms with Gasteiger partial charge >= 0.3 is 0 Å². The van der Waals surface area contributed by atoms with Gasteiger partial charge in [-0.3, -0.25) is 0 Å². The summed E-state index contributed by atoms with van der Waals surface area (Å²) in [5.74, 6) is 0.916. The number of aryl methyl sites for hydroxylation is 1. The van der Waals surface area contributed by atoms with Crippen molar-refractivity contribution in [3.8, 4) is 0 Å². The minimum Gasteiger partial charge on any atom is -0.382 e. The fourth-order valence-corrected chi connectivity index (χ4v) is 2.55. The predicted octanol–water partition coefficient (Wildman–Crippen LogP) is 3.84. The zero-order valence-corrected chi connectivity index (χ0v) is 14.2. The van der Waals surface area contributed by atoms with Gasteiger partial charge in [0.2, 0.25) is 5.95 Å². The SMILES string of the molecule is CCOCCCNc1nc(C)cn1Cc1ccccc1Br. The monoisotopic (exact) mass is 351 g/mol. The highest BCUT2D eigenvalue weighted by Crippen LogP contribution is 2.19. The van der Waals surface area contributed by atoms with Crippen molar-refractivity contribution >= 4 is 21.9 Å². The first-order valence-electron chi connectivity index (χ1n) is 7.29. The average Bonchev–Trinajstić information content (AvgIpc) is 2.81. The van der Waals surface area contributed by atoms with Gasteiger partial charge in [-0.25, -0.2) is 4.98 Å². The van der Waals surface area contributed by atoms with Crippen molar-refractivity contribution in [2.45, 2.75) is 26.8 Å². The van der Waals surface area contributed by atoms with E-state index in [4.69, 9.17) is 4.74 Å². The van der Waals surface area contributed by atoms with Crippen LogP contribution in [0.15, 0.2) is 34.9 Å². The lowest BCUT2D eigenvalue weighted by Gasteiger charge is -2.11. The second-order valence-corrected chi connectivity index (χ2v) is 5.76. The first-order chi connectivity index (χ1) is 10.2. The second-order valence-electron chi connectivity index (χ2n) is 4.90. The highest BCUT2D eigenvalue weighted by atomic mass is 79.9. The molecule has 0 amide bonds. The summed E-state index contributed by atoms with van der Waals surface area (Å²) in [6, 6.07) is 8.27. The van der Waals surface area contributed by atoms with E-state index in [0.29, 0.717) is 0 Å². The molecule has 0 fully saturated rings. The number of nitrogens with zero attached hydrogens (tertiary/aromatic N) is 2. The van der Waals surface area contributed by atoms with Crippen LogP contribution in [0.4, 0.5) is 5.95 Å². The van der Waals surface area contributed by atoms with E-state index < -0.39 is 0 Å². The Hall–Kier alpha value is -1.33. The van der Waals surface area contributed by atoms with Gasteiger partial charge in [-0.2, -0.15) is 0 Å². The maximum Gasteiger partial charge on any atom is 0.203 e. The third-order valence-electron chi connectivity index (χ3n) is 3.15. The van der Waals surface area contributed by atoms with Gasteiger partial charge in [0.25, 0.3) is 0 Å². The van der Waals surface area contributed by atoms with Gasteiger partial charge in [0, 0.05) is 30.4 Å². The van der Waals surface area contributed by atoms with Gasteiger partial charge in [0.05, 0.1) is 12.2 Å². The van der Waals surface area contributed by atoms with Crippen LogP contribution in [0, 0.1) is 6.92 Å². The number of aromatic nitrogens is 2. The Morgan fingerprint density at radius 2 is 2.14 bits per heavy atom. The number of nitrogens with one attached hydrogen (secondary N) is 1. The van der Waals surface area contributed by atoms with E-state index in [1.54, 1.807) is 0 Å². The van der Waals surface area contributed by atoms with Gasteiger partial charge in [-0.05, 0) is 31.9 Å². The molecule has 0 aliphatic rings. The molecule has 5 heteroatoms. The van der Waals surface area contributed by atoms with Crippen molar-refractivity contribution in [3.05, 3.63) is 46.2 Å². The molecule has 0 aliphatic carbocycles. The molecular formula is C16H22BrN3O. The molecule has 2 rings (SSSR count). The zero-order chi connectivity index (χ0) is 15.1. The number of imidazole rings is 1. The average molecular weight is 352 g/mol. The second kappa shape index (κ2) is 8.20. The summed E-state index contributed by atoms with van der Waals surface area (Å²) >= 11 is 3.60. The summed E-state index contributed by atoms with van der Waals surface area (Å²) in [5, 5.41) is 3.39.